The molecule has 0 aliphatic carbocycles. The molecule has 0 aromatic carbocycles. The number of unbranched alkanes of at least 4 members (excludes halogenated alkanes) is 23. The fourth-order valence-electron chi connectivity index (χ4n) is 5.12. The van der Waals surface area contributed by atoms with Crippen molar-refractivity contribution < 1.29 is 9.53 Å². The molecule has 2 heteroatoms. The molecule has 0 heterocycles. The van der Waals surface area contributed by atoms with Crippen molar-refractivity contribution in [2.24, 2.45) is 0 Å². The highest BCUT2D eigenvalue weighted by Crippen LogP contribution is 2.19. The van der Waals surface area contributed by atoms with E-state index in [1.165, 1.54) is 161 Å². The number of ether oxygens (including phenoxy) is 1. The van der Waals surface area contributed by atoms with E-state index >= 15 is 0 Å². The van der Waals surface area contributed by atoms with Crippen LogP contribution in [-0.4, -0.2) is 12.1 Å². The van der Waals surface area contributed by atoms with E-state index < -0.39 is 0 Å². The van der Waals surface area contributed by atoms with Crippen LogP contribution in [-0.2, 0) is 9.53 Å². The van der Waals surface area contributed by atoms with E-state index in [1.807, 2.05) is 0 Å². The third-order valence-corrected chi connectivity index (χ3v) is 7.63. The average molecular weight is 507 g/mol. The normalized spacial score (nSPS) is 12.1. The van der Waals surface area contributed by atoms with Crippen LogP contribution < -0.4 is 0 Å². The Bertz CT molecular complexity index is 470. The number of hydrogen-bond donors (Lipinski definition) is 0. The van der Waals surface area contributed by atoms with Gasteiger partial charge < -0.3 is 4.74 Å². The number of hydrogen-bond acceptors (Lipinski definition) is 2. The first-order valence-electron chi connectivity index (χ1n) is 16.5. The quantitative estimate of drug-likeness (QED) is 0.0572. The van der Waals surface area contributed by atoms with Gasteiger partial charge >= 0.3 is 5.97 Å². The minimum Gasteiger partial charge on any atom is -0.459 e. The Labute approximate surface area is 227 Å². The summed E-state index contributed by atoms with van der Waals surface area (Å²) in [5.41, 5.74) is 0.527. The Morgan fingerprint density at radius 3 is 1.00 bits per heavy atom. The van der Waals surface area contributed by atoms with Crippen molar-refractivity contribution in [3.05, 3.63) is 12.2 Å². The maximum Gasteiger partial charge on any atom is 0.333 e. The lowest BCUT2D eigenvalue weighted by molar-refractivity contribution is -0.145. The van der Waals surface area contributed by atoms with Crippen LogP contribution in [0.2, 0.25) is 0 Å². The second kappa shape index (κ2) is 28.8. The average Bonchev–Trinajstić information content (AvgIpc) is 2.87. The zero-order valence-electron chi connectivity index (χ0n) is 25.2. The molecule has 0 aromatic rings. The van der Waals surface area contributed by atoms with E-state index in [2.05, 4.69) is 20.4 Å². The summed E-state index contributed by atoms with van der Waals surface area (Å²) < 4.78 is 5.77. The molecule has 0 spiro atoms. The van der Waals surface area contributed by atoms with Crippen LogP contribution >= 0.6 is 0 Å². The topological polar surface area (TPSA) is 26.3 Å². The standard InChI is InChI=1S/C34H66O2/c1-5-7-9-11-13-15-16-17-18-19-20-21-23-25-27-29-31-33(36-34(35)32(3)4)30-28-26-24-22-14-12-10-8-6-2/h33H,3,5-31H2,1-2,4H3. The highest BCUT2D eigenvalue weighted by Gasteiger charge is 2.14. The molecule has 2 nitrogen and oxygen atoms in total. The van der Waals surface area contributed by atoms with Crippen LogP contribution in [0.25, 0.3) is 0 Å². The maximum absolute atomic E-state index is 12.1. The van der Waals surface area contributed by atoms with E-state index in [-0.39, 0.29) is 12.1 Å². The molecule has 0 fully saturated rings. The summed E-state index contributed by atoms with van der Waals surface area (Å²) in [6.45, 7) is 10.1. The monoisotopic (exact) mass is 507 g/mol. The van der Waals surface area contributed by atoms with E-state index in [1.54, 1.807) is 6.92 Å². The molecule has 0 amide bonds. The zero-order valence-corrected chi connectivity index (χ0v) is 25.2. The fourth-order valence-corrected chi connectivity index (χ4v) is 5.12. The van der Waals surface area contributed by atoms with Crippen LogP contribution in [0, 0.1) is 0 Å². The first-order chi connectivity index (χ1) is 17.6. The van der Waals surface area contributed by atoms with Gasteiger partial charge in [-0.3, -0.25) is 0 Å². The van der Waals surface area contributed by atoms with Crippen molar-refractivity contribution in [1.82, 2.24) is 0 Å². The van der Waals surface area contributed by atoms with Gasteiger partial charge in [0, 0.05) is 5.57 Å². The molecule has 1 atom stereocenters. The molecular formula is C34H66O2. The Kier molecular flexibility index (Phi) is 28.1. The number of esters is 1. The maximum atomic E-state index is 12.1. The summed E-state index contributed by atoms with van der Waals surface area (Å²) in [6, 6.07) is 0. The Balaban J connectivity index is 3.68. The van der Waals surface area contributed by atoms with Gasteiger partial charge in [-0.15, -0.1) is 0 Å². The molecule has 0 N–H and O–H groups in total. The summed E-state index contributed by atoms with van der Waals surface area (Å²) >= 11 is 0. The molecule has 0 aliphatic heterocycles. The first-order valence-corrected chi connectivity index (χ1v) is 16.5. The number of carbonyl (C=O) groups is 1. The molecule has 0 aromatic heterocycles. The van der Waals surface area contributed by atoms with Crippen molar-refractivity contribution in [2.75, 3.05) is 0 Å². The van der Waals surface area contributed by atoms with Gasteiger partial charge in [0.15, 0.2) is 0 Å². The molecule has 0 rings (SSSR count). The van der Waals surface area contributed by atoms with Crippen LogP contribution in [0.5, 0.6) is 0 Å². The minimum atomic E-state index is -0.201. The minimum absolute atomic E-state index is 0.0883. The molecule has 0 saturated heterocycles. The van der Waals surface area contributed by atoms with Gasteiger partial charge in [0.05, 0.1) is 0 Å². The van der Waals surface area contributed by atoms with Crippen molar-refractivity contribution in [1.29, 1.82) is 0 Å². The number of rotatable bonds is 29. The van der Waals surface area contributed by atoms with E-state index in [0.29, 0.717) is 5.57 Å². The van der Waals surface area contributed by atoms with Crippen LogP contribution in [0.1, 0.15) is 194 Å². The highest BCUT2D eigenvalue weighted by atomic mass is 16.5. The van der Waals surface area contributed by atoms with Gasteiger partial charge in [-0.2, -0.15) is 0 Å². The lowest BCUT2D eigenvalue weighted by Gasteiger charge is -2.18. The van der Waals surface area contributed by atoms with E-state index in [4.69, 9.17) is 4.74 Å². The van der Waals surface area contributed by atoms with Crippen LogP contribution in [0.4, 0.5) is 0 Å². The van der Waals surface area contributed by atoms with Gasteiger partial charge in [0.25, 0.3) is 0 Å². The molecule has 1 unspecified atom stereocenters. The first kappa shape index (κ1) is 35.2. The van der Waals surface area contributed by atoms with Gasteiger partial charge in [-0.1, -0.05) is 168 Å². The summed E-state index contributed by atoms with van der Waals surface area (Å²) in [5.74, 6) is -0.201. The van der Waals surface area contributed by atoms with Crippen molar-refractivity contribution in [3.8, 4) is 0 Å². The summed E-state index contributed by atoms with van der Waals surface area (Å²) in [7, 11) is 0. The molecule has 0 saturated carbocycles. The predicted molar refractivity (Wildman–Crippen MR) is 161 cm³/mol. The van der Waals surface area contributed by atoms with E-state index in [0.717, 1.165) is 12.8 Å². The Hall–Kier alpha value is -0.790. The van der Waals surface area contributed by atoms with Crippen molar-refractivity contribution >= 4 is 5.97 Å². The van der Waals surface area contributed by atoms with Crippen LogP contribution in [0.3, 0.4) is 0 Å². The van der Waals surface area contributed by atoms with Gasteiger partial charge in [-0.25, -0.2) is 4.79 Å². The second-order valence-electron chi connectivity index (χ2n) is 11.5. The third kappa shape index (κ3) is 26.3. The van der Waals surface area contributed by atoms with Gasteiger partial charge in [-0.05, 0) is 32.6 Å². The van der Waals surface area contributed by atoms with Crippen LogP contribution in [0.15, 0.2) is 12.2 Å². The van der Waals surface area contributed by atoms with Crippen molar-refractivity contribution in [2.45, 2.75) is 200 Å². The van der Waals surface area contributed by atoms with Crippen molar-refractivity contribution in [3.63, 3.8) is 0 Å². The summed E-state index contributed by atoms with van der Waals surface area (Å²) in [5, 5.41) is 0. The predicted octanol–water partition coefficient (Wildman–Crippen LogP) is 12.0. The zero-order chi connectivity index (χ0) is 26.5. The molecule has 0 radical (unpaired) electrons. The number of carbonyl (C=O) groups excluding carboxylic acids is 1. The summed E-state index contributed by atoms with van der Waals surface area (Å²) in [6.07, 6.45) is 36.4. The third-order valence-electron chi connectivity index (χ3n) is 7.63. The highest BCUT2D eigenvalue weighted by molar-refractivity contribution is 5.87. The van der Waals surface area contributed by atoms with Gasteiger partial charge in [0.1, 0.15) is 6.10 Å². The SMILES string of the molecule is C=C(C)C(=O)OC(CCCCCCCCCCC)CCCCCCCCCCCCCCCCCC. The smallest absolute Gasteiger partial charge is 0.333 e. The fraction of sp³-hybridized carbons (Fsp3) is 0.912. The largest absolute Gasteiger partial charge is 0.459 e. The Morgan fingerprint density at radius 1 is 0.500 bits per heavy atom. The van der Waals surface area contributed by atoms with E-state index in [9.17, 15) is 4.79 Å². The molecule has 0 bridgehead atoms. The molecule has 0 aliphatic rings. The van der Waals surface area contributed by atoms with Gasteiger partial charge in [0.2, 0.25) is 0 Å². The molecular weight excluding hydrogens is 440 g/mol. The lowest BCUT2D eigenvalue weighted by Crippen LogP contribution is -2.18. The Morgan fingerprint density at radius 2 is 0.750 bits per heavy atom. The summed E-state index contributed by atoms with van der Waals surface area (Å²) in [4.78, 5) is 12.1. The molecule has 214 valence electrons. The second-order valence-corrected chi connectivity index (χ2v) is 11.5. The lowest BCUT2D eigenvalue weighted by atomic mass is 10.0. The molecule has 36 heavy (non-hydrogen) atoms.